The summed E-state index contributed by atoms with van der Waals surface area (Å²) in [6, 6.07) is 10.1. The highest BCUT2D eigenvalue weighted by molar-refractivity contribution is 5.78. The Bertz CT molecular complexity index is 750. The molecule has 2 rings (SSSR count). The monoisotopic (exact) mass is 325 g/mol. The lowest BCUT2D eigenvalue weighted by Crippen LogP contribution is -2.31. The van der Waals surface area contributed by atoms with Gasteiger partial charge in [0.1, 0.15) is 5.75 Å². The molecular weight excluding hydrogens is 298 g/mol. The molecule has 3 nitrogen and oxygen atoms in total. The van der Waals surface area contributed by atoms with Crippen LogP contribution in [-0.2, 0) is 4.79 Å². The molecule has 1 atom stereocenters. The number of aryl methyl sites for hydroxylation is 4. The second kappa shape index (κ2) is 7.52. The maximum atomic E-state index is 12.2. The smallest absolute Gasteiger partial charge is 0.258 e. The van der Waals surface area contributed by atoms with E-state index in [4.69, 9.17) is 4.74 Å². The number of ether oxygens (including phenoxy) is 1. The van der Waals surface area contributed by atoms with Gasteiger partial charge < -0.3 is 10.1 Å². The van der Waals surface area contributed by atoms with Gasteiger partial charge in [0.25, 0.3) is 5.91 Å². The summed E-state index contributed by atoms with van der Waals surface area (Å²) in [4.78, 5) is 12.2. The van der Waals surface area contributed by atoms with Crippen LogP contribution in [0, 0.1) is 34.6 Å². The van der Waals surface area contributed by atoms with Crippen molar-refractivity contribution in [1.82, 2.24) is 5.32 Å². The van der Waals surface area contributed by atoms with E-state index in [2.05, 4.69) is 38.2 Å². The summed E-state index contributed by atoms with van der Waals surface area (Å²) in [7, 11) is 0. The lowest BCUT2D eigenvalue weighted by Gasteiger charge is -2.19. The number of carbonyl (C=O) groups excluding carboxylic acids is 1. The molecule has 0 fully saturated rings. The highest BCUT2D eigenvalue weighted by Crippen LogP contribution is 2.22. The Labute approximate surface area is 145 Å². The van der Waals surface area contributed by atoms with Gasteiger partial charge in [-0.05, 0) is 81.0 Å². The van der Waals surface area contributed by atoms with Crippen molar-refractivity contribution in [2.45, 2.75) is 47.6 Å². The van der Waals surface area contributed by atoms with Gasteiger partial charge in [-0.25, -0.2) is 0 Å². The predicted molar refractivity (Wildman–Crippen MR) is 98.6 cm³/mol. The topological polar surface area (TPSA) is 38.3 Å². The van der Waals surface area contributed by atoms with Gasteiger partial charge in [-0.3, -0.25) is 4.79 Å². The van der Waals surface area contributed by atoms with Gasteiger partial charge in [0.2, 0.25) is 0 Å². The molecule has 3 heteroatoms. The van der Waals surface area contributed by atoms with E-state index in [1.54, 1.807) is 0 Å². The van der Waals surface area contributed by atoms with Crippen LogP contribution in [0.15, 0.2) is 30.3 Å². The van der Waals surface area contributed by atoms with Crippen molar-refractivity contribution in [2.75, 3.05) is 6.61 Å². The van der Waals surface area contributed by atoms with Crippen LogP contribution < -0.4 is 10.1 Å². The van der Waals surface area contributed by atoms with E-state index in [0.717, 1.165) is 22.4 Å². The van der Waals surface area contributed by atoms with Gasteiger partial charge in [-0.15, -0.1) is 0 Å². The lowest BCUT2D eigenvalue weighted by atomic mass is 9.96. The fourth-order valence-corrected chi connectivity index (χ4v) is 2.83. The number of amides is 1. The summed E-state index contributed by atoms with van der Waals surface area (Å²) in [6.07, 6.45) is 0. The third-order valence-corrected chi connectivity index (χ3v) is 4.64. The molecule has 0 spiro atoms. The van der Waals surface area contributed by atoms with Crippen molar-refractivity contribution >= 4 is 5.91 Å². The molecule has 24 heavy (non-hydrogen) atoms. The van der Waals surface area contributed by atoms with Crippen molar-refractivity contribution in [2.24, 2.45) is 0 Å². The number of hydrogen-bond donors (Lipinski definition) is 1. The molecule has 0 saturated heterocycles. The Kier molecular flexibility index (Phi) is 5.66. The molecule has 1 N–H and O–H groups in total. The molecule has 0 aliphatic rings. The second-order valence-corrected chi connectivity index (χ2v) is 6.57. The number of carbonyl (C=O) groups is 1. The summed E-state index contributed by atoms with van der Waals surface area (Å²) in [6.45, 7) is 12.3. The summed E-state index contributed by atoms with van der Waals surface area (Å²) in [5.74, 6) is 0.654. The maximum Gasteiger partial charge on any atom is 0.258 e. The summed E-state index contributed by atoms with van der Waals surface area (Å²) in [5.41, 5.74) is 7.09. The molecule has 2 aromatic carbocycles. The highest BCUT2D eigenvalue weighted by atomic mass is 16.5. The Morgan fingerprint density at radius 2 is 1.67 bits per heavy atom. The van der Waals surface area contributed by atoms with Crippen LogP contribution in [0.5, 0.6) is 5.75 Å². The van der Waals surface area contributed by atoms with Crippen molar-refractivity contribution in [3.63, 3.8) is 0 Å². The normalized spacial score (nSPS) is 11.9. The van der Waals surface area contributed by atoms with Gasteiger partial charge in [-0.2, -0.15) is 0 Å². The highest BCUT2D eigenvalue weighted by Gasteiger charge is 2.14. The average molecular weight is 325 g/mol. The lowest BCUT2D eigenvalue weighted by molar-refractivity contribution is -0.123. The van der Waals surface area contributed by atoms with Crippen LogP contribution in [0.1, 0.15) is 46.3 Å². The van der Waals surface area contributed by atoms with E-state index in [0.29, 0.717) is 0 Å². The van der Waals surface area contributed by atoms with Gasteiger partial charge in [-0.1, -0.05) is 24.3 Å². The van der Waals surface area contributed by atoms with Gasteiger partial charge >= 0.3 is 0 Å². The second-order valence-electron chi connectivity index (χ2n) is 6.57. The fourth-order valence-electron chi connectivity index (χ4n) is 2.83. The van der Waals surface area contributed by atoms with E-state index in [1.165, 1.54) is 16.7 Å². The molecule has 0 aromatic heterocycles. The molecule has 0 radical (unpaired) electrons. The Morgan fingerprint density at radius 1 is 1.00 bits per heavy atom. The summed E-state index contributed by atoms with van der Waals surface area (Å²) < 4.78 is 5.68. The summed E-state index contributed by atoms with van der Waals surface area (Å²) in [5, 5.41) is 3.02. The first-order chi connectivity index (χ1) is 11.3. The van der Waals surface area contributed by atoms with Crippen LogP contribution in [0.3, 0.4) is 0 Å². The minimum atomic E-state index is -0.110. The maximum absolute atomic E-state index is 12.2. The average Bonchev–Trinajstić information content (AvgIpc) is 2.52. The number of nitrogens with one attached hydrogen (secondary N) is 1. The minimum Gasteiger partial charge on any atom is -0.483 e. The molecule has 0 aliphatic heterocycles. The van der Waals surface area contributed by atoms with Crippen LogP contribution in [-0.4, -0.2) is 12.5 Å². The first kappa shape index (κ1) is 18.1. The molecule has 0 saturated carbocycles. The van der Waals surface area contributed by atoms with Gasteiger partial charge in [0.15, 0.2) is 6.61 Å². The fraction of sp³-hybridized carbons (Fsp3) is 0.381. The van der Waals surface area contributed by atoms with Gasteiger partial charge in [0.05, 0.1) is 6.04 Å². The molecule has 1 amide bonds. The van der Waals surface area contributed by atoms with E-state index in [1.807, 2.05) is 39.0 Å². The molecule has 0 heterocycles. The first-order valence-corrected chi connectivity index (χ1v) is 8.35. The van der Waals surface area contributed by atoms with Crippen molar-refractivity contribution in [1.29, 1.82) is 0 Å². The third-order valence-electron chi connectivity index (χ3n) is 4.64. The zero-order chi connectivity index (χ0) is 17.9. The number of benzene rings is 2. The molecule has 2 aromatic rings. The Balaban J connectivity index is 1.99. The Morgan fingerprint density at radius 3 is 2.38 bits per heavy atom. The third kappa shape index (κ3) is 4.16. The van der Waals surface area contributed by atoms with E-state index in [9.17, 15) is 4.79 Å². The zero-order valence-electron chi connectivity index (χ0n) is 15.5. The molecule has 0 unspecified atom stereocenters. The van der Waals surface area contributed by atoms with Crippen LogP contribution in [0.4, 0.5) is 0 Å². The van der Waals surface area contributed by atoms with Crippen molar-refractivity contribution in [3.05, 3.63) is 63.7 Å². The number of hydrogen-bond acceptors (Lipinski definition) is 2. The van der Waals surface area contributed by atoms with Crippen LogP contribution in [0.25, 0.3) is 0 Å². The van der Waals surface area contributed by atoms with E-state index < -0.39 is 0 Å². The largest absolute Gasteiger partial charge is 0.483 e. The Hall–Kier alpha value is -2.29. The van der Waals surface area contributed by atoms with Gasteiger partial charge in [0, 0.05) is 0 Å². The van der Waals surface area contributed by atoms with Crippen LogP contribution >= 0.6 is 0 Å². The number of rotatable bonds is 5. The summed E-state index contributed by atoms with van der Waals surface area (Å²) >= 11 is 0. The minimum absolute atomic E-state index is 0.0263. The van der Waals surface area contributed by atoms with Crippen molar-refractivity contribution in [3.8, 4) is 5.75 Å². The first-order valence-electron chi connectivity index (χ1n) is 8.35. The zero-order valence-corrected chi connectivity index (χ0v) is 15.5. The quantitative estimate of drug-likeness (QED) is 0.880. The standard InChI is InChI=1S/C21H27NO2/c1-13-8-7-9-20(17(13)5)24-12-21(23)22-18(6)19-11-15(3)14(2)10-16(19)4/h7-11,18H,12H2,1-6H3,(H,22,23)/t18-/m0/s1. The predicted octanol–water partition coefficient (Wildman–Crippen LogP) is 4.48. The molecular formula is C21H27NO2. The van der Waals surface area contributed by atoms with E-state index in [-0.39, 0.29) is 18.6 Å². The van der Waals surface area contributed by atoms with Crippen molar-refractivity contribution < 1.29 is 9.53 Å². The molecule has 0 aliphatic carbocycles. The van der Waals surface area contributed by atoms with Crippen LogP contribution in [0.2, 0.25) is 0 Å². The van der Waals surface area contributed by atoms with E-state index >= 15 is 0 Å². The molecule has 128 valence electrons. The SMILES string of the molecule is Cc1cc(C)c([C@H](C)NC(=O)COc2cccc(C)c2C)cc1C. The molecule has 0 bridgehead atoms.